The molecule has 2 heteroatoms. The summed E-state index contributed by atoms with van der Waals surface area (Å²) in [5.41, 5.74) is 5.69. The summed E-state index contributed by atoms with van der Waals surface area (Å²) in [6.07, 6.45) is 1.20. The first-order valence-electron chi connectivity index (χ1n) is 6.80. The largest absolute Gasteiger partial charge is 0.0763 e. The Morgan fingerprint density at radius 3 is 1.84 bits per heavy atom. The van der Waals surface area contributed by atoms with Crippen molar-refractivity contribution >= 4 is 24.7 Å². The van der Waals surface area contributed by atoms with Crippen LogP contribution in [0.25, 0.3) is 11.1 Å². The molecule has 0 atom stereocenters. The molecule has 19 heavy (non-hydrogen) atoms. The fourth-order valence-electron chi connectivity index (χ4n) is 2.96. The molecule has 2 aromatic carbocycles. The molecule has 0 aliphatic heterocycles. The lowest BCUT2D eigenvalue weighted by atomic mass is 9.94. The van der Waals surface area contributed by atoms with Crippen molar-refractivity contribution in [1.82, 2.24) is 0 Å². The molecule has 0 amide bonds. The molecule has 0 unspecified atom stereocenters. The Morgan fingerprint density at radius 1 is 0.895 bits per heavy atom. The van der Waals surface area contributed by atoms with Crippen molar-refractivity contribution in [2.75, 3.05) is 0 Å². The van der Waals surface area contributed by atoms with Crippen LogP contribution in [0.2, 0.25) is 19.1 Å². The molecule has 3 rings (SSSR count). The topological polar surface area (TPSA) is 0 Å². The van der Waals surface area contributed by atoms with Gasteiger partial charge in [-0.2, -0.15) is 0 Å². The van der Waals surface area contributed by atoms with E-state index in [9.17, 15) is 0 Å². The van der Waals surface area contributed by atoms with Gasteiger partial charge in [0.25, 0.3) is 0 Å². The van der Waals surface area contributed by atoms with Crippen molar-refractivity contribution in [1.29, 1.82) is 0 Å². The zero-order valence-electron chi connectivity index (χ0n) is 11.4. The lowest BCUT2D eigenvalue weighted by Gasteiger charge is -2.26. The molecule has 0 aromatic heterocycles. The van der Waals surface area contributed by atoms with Crippen LogP contribution in [0.3, 0.4) is 0 Å². The molecule has 2 aromatic rings. The lowest BCUT2D eigenvalue weighted by molar-refractivity contribution is 0.739. The summed E-state index contributed by atoms with van der Waals surface area (Å²) in [7, 11) is -0.193. The van der Waals surface area contributed by atoms with Gasteiger partial charge in [-0.15, -0.1) is 0 Å². The summed E-state index contributed by atoms with van der Waals surface area (Å²) < 4.78 is 0.0299. The van der Waals surface area contributed by atoms with E-state index in [0.717, 1.165) is 0 Å². The number of rotatable bonds is 3. The van der Waals surface area contributed by atoms with Crippen molar-refractivity contribution in [3.63, 3.8) is 0 Å². The van der Waals surface area contributed by atoms with Gasteiger partial charge in [-0.05, 0) is 28.7 Å². The van der Waals surface area contributed by atoms with E-state index < -0.39 is 0 Å². The zero-order valence-corrected chi connectivity index (χ0v) is 14.0. The quantitative estimate of drug-likeness (QED) is 0.518. The first-order valence-corrected chi connectivity index (χ1v) is 10.3. The van der Waals surface area contributed by atoms with Gasteiger partial charge in [0.15, 0.2) is 0 Å². The summed E-state index contributed by atoms with van der Waals surface area (Å²) in [6.45, 7) is 4.79. The van der Waals surface area contributed by atoms with Crippen molar-refractivity contribution < 1.29 is 0 Å². The molecule has 0 heterocycles. The van der Waals surface area contributed by atoms with Crippen LogP contribution in [-0.4, -0.2) is 8.80 Å². The lowest BCUT2D eigenvalue weighted by Crippen LogP contribution is -2.18. The van der Waals surface area contributed by atoms with E-state index in [1.807, 2.05) is 0 Å². The van der Waals surface area contributed by atoms with Gasteiger partial charge in [0, 0.05) is 8.80 Å². The number of benzene rings is 2. The Kier molecular flexibility index (Phi) is 3.40. The van der Waals surface area contributed by atoms with Gasteiger partial charge < -0.3 is 0 Å². The van der Waals surface area contributed by atoms with Crippen LogP contribution >= 0.6 is 15.9 Å². The van der Waals surface area contributed by atoms with Gasteiger partial charge in [0.2, 0.25) is 0 Å². The molecular formula is C17H18BrSi. The molecule has 0 N–H and O–H groups in total. The highest BCUT2D eigenvalue weighted by atomic mass is 79.9. The maximum atomic E-state index is 4.09. The Morgan fingerprint density at radius 2 is 1.37 bits per heavy atom. The van der Waals surface area contributed by atoms with Crippen LogP contribution in [0, 0.1) is 0 Å². The predicted octanol–water partition coefficient (Wildman–Crippen LogP) is 5.45. The second kappa shape index (κ2) is 4.91. The maximum absolute atomic E-state index is 4.09. The van der Waals surface area contributed by atoms with Gasteiger partial charge in [-0.25, -0.2) is 0 Å². The van der Waals surface area contributed by atoms with Crippen LogP contribution in [-0.2, 0) is 4.32 Å². The Labute approximate surface area is 125 Å². The third-order valence-electron chi connectivity index (χ3n) is 3.97. The van der Waals surface area contributed by atoms with Crippen LogP contribution in [0.1, 0.15) is 17.5 Å². The average Bonchev–Trinajstić information content (AvgIpc) is 2.69. The van der Waals surface area contributed by atoms with Gasteiger partial charge in [-0.1, -0.05) is 83.6 Å². The van der Waals surface area contributed by atoms with Crippen LogP contribution in [0.15, 0.2) is 48.5 Å². The molecule has 0 bridgehead atoms. The Bertz CT molecular complexity index is 558. The van der Waals surface area contributed by atoms with Gasteiger partial charge in [0.1, 0.15) is 0 Å². The molecule has 1 aliphatic carbocycles. The van der Waals surface area contributed by atoms with E-state index in [-0.39, 0.29) is 13.1 Å². The predicted molar refractivity (Wildman–Crippen MR) is 88.5 cm³/mol. The van der Waals surface area contributed by atoms with Crippen LogP contribution in [0.4, 0.5) is 0 Å². The van der Waals surface area contributed by atoms with E-state index in [0.29, 0.717) is 0 Å². The van der Waals surface area contributed by atoms with Crippen molar-refractivity contribution in [3.8, 4) is 11.1 Å². The third-order valence-corrected chi connectivity index (χ3v) is 6.47. The highest BCUT2D eigenvalue weighted by Crippen LogP contribution is 2.54. The molecule has 1 radical (unpaired) electrons. The molecule has 97 valence electrons. The summed E-state index contributed by atoms with van der Waals surface area (Å²) >= 11 is 4.09. The summed E-state index contributed by atoms with van der Waals surface area (Å²) in [5.74, 6) is 0. The second-order valence-corrected chi connectivity index (χ2v) is 9.87. The van der Waals surface area contributed by atoms with E-state index in [1.54, 1.807) is 0 Å². The van der Waals surface area contributed by atoms with E-state index in [4.69, 9.17) is 0 Å². The Balaban J connectivity index is 2.14. The third kappa shape index (κ3) is 2.11. The fraction of sp³-hybridized carbons (Fsp3) is 0.294. The minimum Gasteiger partial charge on any atom is -0.0748 e. The smallest absolute Gasteiger partial charge is 0.0748 e. The monoisotopic (exact) mass is 329 g/mol. The molecule has 0 saturated heterocycles. The molecule has 1 aliphatic rings. The number of halogens is 1. The summed E-state index contributed by atoms with van der Waals surface area (Å²) in [4.78, 5) is 0. The van der Waals surface area contributed by atoms with Gasteiger partial charge in [0.05, 0.1) is 4.32 Å². The van der Waals surface area contributed by atoms with Crippen molar-refractivity contribution in [2.45, 2.75) is 29.9 Å². The second-order valence-electron chi connectivity index (χ2n) is 5.60. The highest BCUT2D eigenvalue weighted by molar-refractivity contribution is 9.09. The van der Waals surface area contributed by atoms with Crippen LogP contribution < -0.4 is 0 Å². The van der Waals surface area contributed by atoms with Crippen LogP contribution in [0.5, 0.6) is 0 Å². The minimum absolute atomic E-state index is 0.0299. The first kappa shape index (κ1) is 13.1. The SMILES string of the molecule is C[Si](C)CCC1(Br)c2ccccc2-c2ccccc21. The molecule has 0 fully saturated rings. The number of alkyl halides is 1. The number of hydrogen-bond donors (Lipinski definition) is 0. The zero-order chi connectivity index (χ0) is 13.5. The molecule has 0 spiro atoms. The van der Waals surface area contributed by atoms with Crippen molar-refractivity contribution in [3.05, 3.63) is 59.7 Å². The normalized spacial score (nSPS) is 15.4. The summed E-state index contributed by atoms with van der Waals surface area (Å²) in [5, 5.41) is 0. The summed E-state index contributed by atoms with van der Waals surface area (Å²) in [6, 6.07) is 19.0. The van der Waals surface area contributed by atoms with E-state index in [1.165, 1.54) is 34.7 Å². The van der Waals surface area contributed by atoms with Gasteiger partial charge >= 0.3 is 0 Å². The standard InChI is InChI=1S/C17H18BrSi/c1-19(2)12-11-17(18)15-9-5-3-7-13(15)14-8-4-6-10-16(14)17/h3-10H,11-12H2,1-2H3. The fourth-order valence-corrected chi connectivity index (χ4v) is 5.09. The van der Waals surface area contributed by atoms with Gasteiger partial charge in [-0.3, -0.25) is 0 Å². The first-order chi connectivity index (χ1) is 9.13. The number of fused-ring (bicyclic) bond motifs is 3. The van der Waals surface area contributed by atoms with Crippen molar-refractivity contribution in [2.24, 2.45) is 0 Å². The highest BCUT2D eigenvalue weighted by Gasteiger charge is 2.40. The number of hydrogen-bond acceptors (Lipinski definition) is 0. The molecule has 0 nitrogen and oxygen atoms in total. The maximum Gasteiger partial charge on any atom is 0.0763 e. The van der Waals surface area contributed by atoms with E-state index >= 15 is 0 Å². The molecular weight excluding hydrogens is 312 g/mol. The molecule has 0 saturated carbocycles. The van der Waals surface area contributed by atoms with E-state index in [2.05, 4.69) is 77.6 Å². The average molecular weight is 330 g/mol. The minimum atomic E-state index is -0.193. The Hall–Kier alpha value is -0.863.